The zero-order chi connectivity index (χ0) is 20.9. The van der Waals surface area contributed by atoms with Crippen LogP contribution in [0.4, 0.5) is 4.39 Å². The third-order valence-corrected chi connectivity index (χ3v) is 5.56. The lowest BCUT2D eigenvalue weighted by molar-refractivity contribution is -0.121. The Morgan fingerprint density at radius 2 is 1.93 bits per heavy atom. The van der Waals surface area contributed by atoms with Crippen LogP contribution in [-0.2, 0) is 21.4 Å². The van der Waals surface area contributed by atoms with Gasteiger partial charge in [0.25, 0.3) is 5.91 Å². The van der Waals surface area contributed by atoms with E-state index < -0.39 is 39.6 Å². The number of sulfonamides is 1. The predicted octanol–water partition coefficient (Wildman–Crippen LogP) is 1.55. The number of aromatic nitrogens is 2. The fourth-order valence-electron chi connectivity index (χ4n) is 2.14. The number of amides is 1. The Hall–Kier alpha value is -1.37. The molecular formula is C15H17Cl2FN4O4S2. The van der Waals surface area contributed by atoms with Crippen molar-refractivity contribution in [1.82, 2.24) is 20.2 Å². The average molecular weight is 471 g/mol. The Morgan fingerprint density at radius 3 is 2.46 bits per heavy atom. The van der Waals surface area contributed by atoms with Crippen LogP contribution in [0.25, 0.3) is 10.6 Å². The summed E-state index contributed by atoms with van der Waals surface area (Å²) in [6.07, 6.45) is -0.258. The molecule has 2 atom stereocenters. The van der Waals surface area contributed by atoms with Crippen molar-refractivity contribution < 1.29 is 22.7 Å². The van der Waals surface area contributed by atoms with Gasteiger partial charge in [0, 0.05) is 5.56 Å². The summed E-state index contributed by atoms with van der Waals surface area (Å²) in [6.45, 7) is -0.977. The van der Waals surface area contributed by atoms with Gasteiger partial charge >= 0.3 is 0 Å². The van der Waals surface area contributed by atoms with E-state index in [0.29, 0.717) is 21.1 Å². The summed E-state index contributed by atoms with van der Waals surface area (Å²) in [7, 11) is -3.33. The first-order valence-electron chi connectivity index (χ1n) is 7.80. The van der Waals surface area contributed by atoms with Gasteiger partial charge in [0.2, 0.25) is 10.0 Å². The van der Waals surface area contributed by atoms with Crippen LogP contribution in [0.1, 0.15) is 16.7 Å². The molecule has 1 amide bonds. The van der Waals surface area contributed by atoms with E-state index in [-0.39, 0.29) is 6.54 Å². The molecule has 28 heavy (non-hydrogen) atoms. The molecule has 1 heterocycles. The molecule has 0 saturated heterocycles. The molecule has 0 aliphatic heterocycles. The molecule has 0 saturated carbocycles. The molecule has 154 valence electrons. The molecule has 1 aromatic heterocycles. The van der Waals surface area contributed by atoms with Crippen molar-refractivity contribution in [2.24, 2.45) is 0 Å². The summed E-state index contributed by atoms with van der Waals surface area (Å²) in [4.78, 5) is 10.1. The first-order valence-corrected chi connectivity index (χ1v) is 11.4. The highest BCUT2D eigenvalue weighted by Gasteiger charge is 2.25. The van der Waals surface area contributed by atoms with Crippen molar-refractivity contribution >= 4 is 50.5 Å². The van der Waals surface area contributed by atoms with E-state index in [4.69, 9.17) is 23.2 Å². The fourth-order valence-corrected chi connectivity index (χ4v) is 3.54. The highest BCUT2D eigenvalue weighted by Crippen LogP contribution is 2.26. The lowest BCUT2D eigenvalue weighted by Crippen LogP contribution is -2.43. The van der Waals surface area contributed by atoms with E-state index in [0.717, 1.165) is 6.26 Å². The van der Waals surface area contributed by atoms with Gasteiger partial charge in [-0.15, -0.1) is 10.2 Å². The third kappa shape index (κ3) is 6.61. The molecule has 1 aromatic carbocycles. The topological polar surface area (TPSA) is 121 Å². The Labute approximate surface area is 175 Å². The number of aliphatic hydroxyl groups is 1. The maximum Gasteiger partial charge on any atom is 0.253 e. The van der Waals surface area contributed by atoms with E-state index in [1.807, 2.05) is 0 Å². The summed E-state index contributed by atoms with van der Waals surface area (Å²) < 4.78 is 37.8. The molecular weight excluding hydrogens is 454 g/mol. The number of halogens is 3. The Kier molecular flexibility index (Phi) is 8.10. The van der Waals surface area contributed by atoms with Gasteiger partial charge < -0.3 is 10.4 Å². The van der Waals surface area contributed by atoms with Gasteiger partial charge in [0.1, 0.15) is 22.8 Å². The van der Waals surface area contributed by atoms with Crippen molar-refractivity contribution in [2.75, 3.05) is 12.9 Å². The molecule has 13 heteroatoms. The van der Waals surface area contributed by atoms with Crippen LogP contribution in [0.2, 0.25) is 0 Å². The number of hydrogen-bond donors (Lipinski definition) is 3. The van der Waals surface area contributed by atoms with Crippen LogP contribution >= 0.6 is 34.5 Å². The van der Waals surface area contributed by atoms with E-state index in [1.165, 1.54) is 11.3 Å². The van der Waals surface area contributed by atoms with Gasteiger partial charge in [0.15, 0.2) is 4.84 Å². The molecule has 0 radical (unpaired) electrons. The molecule has 0 spiro atoms. The van der Waals surface area contributed by atoms with Crippen molar-refractivity contribution in [3.63, 3.8) is 0 Å². The largest absolute Gasteiger partial charge is 0.386 e. The van der Waals surface area contributed by atoms with Gasteiger partial charge in [-0.3, -0.25) is 4.79 Å². The molecule has 8 nitrogen and oxygen atoms in total. The monoisotopic (exact) mass is 470 g/mol. The number of rotatable bonds is 9. The minimum absolute atomic E-state index is 0.0350. The number of nitrogens with one attached hydrogen (secondary N) is 2. The molecule has 0 bridgehead atoms. The van der Waals surface area contributed by atoms with Crippen LogP contribution in [0.3, 0.4) is 0 Å². The zero-order valence-corrected chi connectivity index (χ0v) is 17.6. The molecule has 0 aliphatic rings. The third-order valence-electron chi connectivity index (χ3n) is 3.52. The summed E-state index contributed by atoms with van der Waals surface area (Å²) >= 11 is 12.0. The second-order valence-corrected chi connectivity index (χ2v) is 9.72. The standard InChI is InChI=1S/C15H17Cl2FN4O4S2/c1-28(25,26)19-7-11-21-22-15(27-11)9-4-2-8(3-5-9)12(23)10(6-18)20-14(24)13(16)17/h2-5,10,12-13,19,23H,6-7H2,1H3,(H,20,24)/t10-,12-/m1/s1. The smallest absolute Gasteiger partial charge is 0.253 e. The maximum absolute atomic E-state index is 13.2. The number of carbonyl (C=O) groups excluding carboxylic acids is 1. The van der Waals surface area contributed by atoms with Crippen LogP contribution in [0, 0.1) is 0 Å². The number of aliphatic hydroxyl groups excluding tert-OH is 1. The van der Waals surface area contributed by atoms with Gasteiger partial charge in [-0.25, -0.2) is 17.5 Å². The number of benzene rings is 1. The summed E-state index contributed by atoms with van der Waals surface area (Å²) in [5.74, 6) is -0.800. The van der Waals surface area contributed by atoms with Crippen LogP contribution in [-0.4, -0.2) is 53.4 Å². The quantitative estimate of drug-likeness (QED) is 0.478. The second-order valence-electron chi connectivity index (χ2n) is 5.73. The minimum atomic E-state index is -3.33. The maximum atomic E-state index is 13.2. The fraction of sp³-hybridized carbons (Fsp3) is 0.400. The Morgan fingerprint density at radius 1 is 1.29 bits per heavy atom. The highest BCUT2D eigenvalue weighted by atomic mass is 35.5. The van der Waals surface area contributed by atoms with Gasteiger partial charge in [-0.1, -0.05) is 58.8 Å². The molecule has 0 aliphatic carbocycles. The lowest BCUT2D eigenvalue weighted by Gasteiger charge is -2.22. The Balaban J connectivity index is 2.08. The molecule has 2 rings (SSSR count). The predicted molar refractivity (Wildman–Crippen MR) is 105 cm³/mol. The highest BCUT2D eigenvalue weighted by molar-refractivity contribution is 7.88. The minimum Gasteiger partial charge on any atom is -0.386 e. The first kappa shape index (κ1) is 22.9. The van der Waals surface area contributed by atoms with Crippen LogP contribution < -0.4 is 10.0 Å². The lowest BCUT2D eigenvalue weighted by atomic mass is 10.0. The molecule has 0 unspecified atom stereocenters. The van der Waals surface area contributed by atoms with Crippen molar-refractivity contribution in [2.45, 2.75) is 23.5 Å². The van der Waals surface area contributed by atoms with Crippen molar-refractivity contribution in [1.29, 1.82) is 0 Å². The van der Waals surface area contributed by atoms with Crippen molar-refractivity contribution in [3.8, 4) is 10.6 Å². The van der Waals surface area contributed by atoms with E-state index >= 15 is 0 Å². The van der Waals surface area contributed by atoms with Gasteiger partial charge in [-0.2, -0.15) is 0 Å². The normalized spacial score (nSPS) is 14.1. The summed E-state index contributed by atoms with van der Waals surface area (Å²) in [5.41, 5.74) is 1.05. The van der Waals surface area contributed by atoms with Gasteiger partial charge in [0.05, 0.1) is 18.8 Å². The van der Waals surface area contributed by atoms with E-state index in [2.05, 4.69) is 20.2 Å². The van der Waals surface area contributed by atoms with E-state index in [9.17, 15) is 22.7 Å². The van der Waals surface area contributed by atoms with Crippen LogP contribution in [0.5, 0.6) is 0 Å². The average Bonchev–Trinajstić information content (AvgIpc) is 3.12. The number of nitrogens with zero attached hydrogens (tertiary/aromatic N) is 2. The summed E-state index contributed by atoms with van der Waals surface area (Å²) in [6, 6.07) is 5.22. The van der Waals surface area contributed by atoms with Crippen LogP contribution in [0.15, 0.2) is 24.3 Å². The molecule has 2 aromatic rings. The molecule has 0 fully saturated rings. The SMILES string of the molecule is CS(=O)(=O)NCc1nnc(-c2ccc([C@@H](O)[C@@H](CF)NC(=O)C(Cl)Cl)cc2)s1. The van der Waals surface area contributed by atoms with Crippen molar-refractivity contribution in [3.05, 3.63) is 34.8 Å². The van der Waals surface area contributed by atoms with Gasteiger partial charge in [-0.05, 0) is 5.56 Å². The summed E-state index contributed by atoms with van der Waals surface area (Å²) in [5, 5.41) is 21.5. The second kappa shape index (κ2) is 9.90. The van der Waals surface area contributed by atoms with E-state index in [1.54, 1.807) is 24.3 Å². The Bertz CT molecular complexity index is 909. The number of carbonyl (C=O) groups is 1. The number of hydrogen-bond acceptors (Lipinski definition) is 7. The molecule has 3 N–H and O–H groups in total. The first-order chi connectivity index (χ1) is 13.1. The number of alkyl halides is 3. The zero-order valence-electron chi connectivity index (χ0n) is 14.5.